The zero-order chi connectivity index (χ0) is 12.3. The first kappa shape index (κ1) is 11.6. The summed E-state index contributed by atoms with van der Waals surface area (Å²) in [6, 6.07) is 9.50. The number of rotatable bonds is 1. The first-order chi connectivity index (χ1) is 8.15. The second kappa shape index (κ2) is 4.97. The van der Waals surface area contributed by atoms with E-state index >= 15 is 0 Å². The monoisotopic (exact) mass is 246 g/mol. The molecule has 0 saturated carbocycles. The average Bonchev–Trinajstić information content (AvgIpc) is 2.59. The molecule has 0 unspecified atom stereocenters. The highest BCUT2D eigenvalue weighted by Gasteiger charge is 2.22. The Bertz CT molecular complexity index is 521. The van der Waals surface area contributed by atoms with E-state index < -0.39 is 0 Å². The van der Waals surface area contributed by atoms with Gasteiger partial charge in [0.2, 0.25) is 5.91 Å². The number of hydrogen-bond acceptors (Lipinski definition) is 3. The second-order valence-corrected chi connectivity index (χ2v) is 4.46. The van der Waals surface area contributed by atoms with Crippen LogP contribution in [0.15, 0.2) is 40.2 Å². The quantitative estimate of drug-likeness (QED) is 0.768. The van der Waals surface area contributed by atoms with Crippen molar-refractivity contribution < 1.29 is 9.59 Å². The van der Waals surface area contributed by atoms with Gasteiger partial charge in [0.25, 0.3) is 5.91 Å². The molecule has 0 spiro atoms. The van der Waals surface area contributed by atoms with Crippen molar-refractivity contribution in [3.8, 4) is 0 Å². The zero-order valence-corrected chi connectivity index (χ0v) is 9.95. The largest absolute Gasteiger partial charge is 0.305 e. The van der Waals surface area contributed by atoms with Crippen molar-refractivity contribution in [1.82, 2.24) is 5.32 Å². The summed E-state index contributed by atoms with van der Waals surface area (Å²) in [4.78, 5) is 26.6. The number of carbonyl (C=O) groups is 2. The number of nitrogens with one attached hydrogen (secondary N) is 1. The van der Waals surface area contributed by atoms with Crippen LogP contribution in [0.4, 0.5) is 0 Å². The SMILES string of the molecule is CC(=O)NC1=NC(=O)C(=Cc2ccccc2)S1. The molecule has 1 aliphatic rings. The van der Waals surface area contributed by atoms with E-state index in [-0.39, 0.29) is 11.8 Å². The number of aliphatic imine (C=N–C) groups is 1. The lowest BCUT2D eigenvalue weighted by molar-refractivity contribution is -0.117. The molecule has 1 aromatic carbocycles. The van der Waals surface area contributed by atoms with Crippen molar-refractivity contribution in [1.29, 1.82) is 0 Å². The lowest BCUT2D eigenvalue weighted by Gasteiger charge is -1.97. The standard InChI is InChI=1S/C12H10N2O2S/c1-8(15)13-12-14-11(16)10(17-12)7-9-5-3-2-4-6-9/h2-7H,1H3,(H,13,14,15,16). The Morgan fingerprint density at radius 1 is 1.35 bits per heavy atom. The normalized spacial score (nSPS) is 17.1. The second-order valence-electron chi connectivity index (χ2n) is 3.42. The first-order valence-corrected chi connectivity index (χ1v) is 5.82. The number of carbonyl (C=O) groups excluding carboxylic acids is 2. The van der Waals surface area contributed by atoms with Crippen LogP contribution in [-0.4, -0.2) is 17.0 Å². The summed E-state index contributed by atoms with van der Waals surface area (Å²) in [6.45, 7) is 1.38. The van der Waals surface area contributed by atoms with E-state index in [0.717, 1.165) is 5.56 Å². The van der Waals surface area contributed by atoms with Crippen LogP contribution in [0.25, 0.3) is 6.08 Å². The van der Waals surface area contributed by atoms with E-state index in [4.69, 9.17) is 0 Å². The zero-order valence-electron chi connectivity index (χ0n) is 9.14. The fraction of sp³-hybridized carbons (Fsp3) is 0.0833. The predicted molar refractivity (Wildman–Crippen MR) is 68.3 cm³/mol. The highest BCUT2D eigenvalue weighted by molar-refractivity contribution is 8.18. The van der Waals surface area contributed by atoms with Crippen molar-refractivity contribution in [2.24, 2.45) is 4.99 Å². The Morgan fingerprint density at radius 3 is 2.71 bits per heavy atom. The van der Waals surface area contributed by atoms with Crippen molar-refractivity contribution >= 4 is 34.8 Å². The van der Waals surface area contributed by atoms with Crippen molar-refractivity contribution in [2.75, 3.05) is 0 Å². The Morgan fingerprint density at radius 2 is 2.06 bits per heavy atom. The van der Waals surface area contributed by atoms with Crippen molar-refractivity contribution in [3.05, 3.63) is 40.8 Å². The molecular weight excluding hydrogens is 236 g/mol. The third-order valence-corrected chi connectivity index (χ3v) is 2.90. The van der Waals surface area contributed by atoms with E-state index in [1.807, 2.05) is 30.3 Å². The van der Waals surface area contributed by atoms with Crippen LogP contribution in [0.3, 0.4) is 0 Å². The number of hydrogen-bond donors (Lipinski definition) is 1. The molecule has 0 radical (unpaired) electrons. The summed E-state index contributed by atoms with van der Waals surface area (Å²) in [7, 11) is 0. The number of nitrogens with zero attached hydrogens (tertiary/aromatic N) is 1. The van der Waals surface area contributed by atoms with Gasteiger partial charge in [0, 0.05) is 6.92 Å². The van der Waals surface area contributed by atoms with Crippen molar-refractivity contribution in [3.63, 3.8) is 0 Å². The molecule has 2 amide bonds. The van der Waals surface area contributed by atoms with Crippen LogP contribution < -0.4 is 5.32 Å². The Balaban J connectivity index is 2.14. The molecule has 2 rings (SSSR count). The van der Waals surface area contributed by atoms with Gasteiger partial charge in [-0.1, -0.05) is 30.3 Å². The van der Waals surface area contributed by atoms with Crippen molar-refractivity contribution in [2.45, 2.75) is 6.92 Å². The van der Waals surface area contributed by atoms with Gasteiger partial charge in [0.15, 0.2) is 5.17 Å². The Hall–Kier alpha value is -1.88. The van der Waals surface area contributed by atoms with E-state index in [0.29, 0.717) is 10.1 Å². The lowest BCUT2D eigenvalue weighted by Crippen LogP contribution is -2.23. The lowest BCUT2D eigenvalue weighted by atomic mass is 10.2. The van der Waals surface area contributed by atoms with E-state index in [1.165, 1.54) is 18.7 Å². The molecule has 17 heavy (non-hydrogen) atoms. The molecule has 1 heterocycles. The maximum atomic E-state index is 11.5. The van der Waals surface area contributed by atoms with Gasteiger partial charge in [0.1, 0.15) is 0 Å². The summed E-state index contributed by atoms with van der Waals surface area (Å²) in [5, 5.41) is 2.84. The fourth-order valence-corrected chi connectivity index (χ4v) is 2.17. The van der Waals surface area contributed by atoms with Crippen LogP contribution in [-0.2, 0) is 9.59 Å². The van der Waals surface area contributed by atoms with Crippen LogP contribution in [0.5, 0.6) is 0 Å². The molecule has 0 aromatic heterocycles. The summed E-state index contributed by atoms with van der Waals surface area (Å²) < 4.78 is 0. The van der Waals surface area contributed by atoms with E-state index in [9.17, 15) is 9.59 Å². The van der Waals surface area contributed by atoms with Gasteiger partial charge in [-0.25, -0.2) is 0 Å². The number of amides is 2. The molecule has 0 saturated heterocycles. The van der Waals surface area contributed by atoms with Gasteiger partial charge in [-0.3, -0.25) is 9.59 Å². The van der Waals surface area contributed by atoms with Gasteiger partial charge in [0.05, 0.1) is 4.91 Å². The molecule has 1 aliphatic heterocycles. The van der Waals surface area contributed by atoms with Gasteiger partial charge in [-0.05, 0) is 23.4 Å². The molecule has 0 fully saturated rings. The molecule has 4 nitrogen and oxygen atoms in total. The van der Waals surface area contributed by atoms with E-state index in [1.54, 1.807) is 6.08 Å². The minimum atomic E-state index is -0.317. The summed E-state index contributed by atoms with van der Waals surface area (Å²) in [5.41, 5.74) is 0.933. The fourth-order valence-electron chi connectivity index (χ4n) is 1.31. The average molecular weight is 246 g/mol. The topological polar surface area (TPSA) is 58.5 Å². The van der Waals surface area contributed by atoms with Crippen LogP contribution >= 0.6 is 11.8 Å². The molecule has 1 N–H and O–H groups in total. The summed E-state index contributed by atoms with van der Waals surface area (Å²) >= 11 is 1.17. The smallest absolute Gasteiger partial charge is 0.286 e. The number of benzene rings is 1. The van der Waals surface area contributed by atoms with Gasteiger partial charge in [-0.15, -0.1) is 0 Å². The summed E-state index contributed by atoms with van der Waals surface area (Å²) in [5.74, 6) is -0.549. The minimum Gasteiger partial charge on any atom is -0.305 e. The van der Waals surface area contributed by atoms with E-state index in [2.05, 4.69) is 10.3 Å². The van der Waals surface area contributed by atoms with Gasteiger partial charge >= 0.3 is 0 Å². The Labute approximate surface area is 103 Å². The molecule has 0 aliphatic carbocycles. The molecule has 5 heteroatoms. The molecule has 0 bridgehead atoms. The minimum absolute atomic E-state index is 0.231. The number of amidine groups is 1. The maximum Gasteiger partial charge on any atom is 0.286 e. The predicted octanol–water partition coefficient (Wildman–Crippen LogP) is 1.79. The summed E-state index contributed by atoms with van der Waals surface area (Å²) in [6.07, 6.45) is 1.76. The van der Waals surface area contributed by atoms with Crippen LogP contribution in [0, 0.1) is 0 Å². The Kier molecular flexibility index (Phi) is 3.39. The first-order valence-electron chi connectivity index (χ1n) is 5.00. The maximum absolute atomic E-state index is 11.5. The molecule has 0 atom stereocenters. The number of thioether (sulfide) groups is 1. The van der Waals surface area contributed by atoms with Crippen LogP contribution in [0.1, 0.15) is 12.5 Å². The van der Waals surface area contributed by atoms with Crippen LogP contribution in [0.2, 0.25) is 0 Å². The highest BCUT2D eigenvalue weighted by atomic mass is 32.2. The van der Waals surface area contributed by atoms with Gasteiger partial charge < -0.3 is 5.32 Å². The molecule has 1 aromatic rings. The van der Waals surface area contributed by atoms with Gasteiger partial charge in [-0.2, -0.15) is 4.99 Å². The molecular formula is C12H10N2O2S. The third-order valence-electron chi connectivity index (χ3n) is 2.00. The highest BCUT2D eigenvalue weighted by Crippen LogP contribution is 2.27. The molecule has 86 valence electrons. The third kappa shape index (κ3) is 3.04.